The van der Waals surface area contributed by atoms with Crippen LogP contribution in [-0.4, -0.2) is 11.2 Å². The lowest BCUT2D eigenvalue weighted by Crippen LogP contribution is -2.42. The molecule has 0 radical (unpaired) electrons. The van der Waals surface area contributed by atoms with Crippen LogP contribution in [0.2, 0.25) is 0 Å². The van der Waals surface area contributed by atoms with Crippen molar-refractivity contribution in [3.63, 3.8) is 0 Å². The standard InChI is InChI=1S/C7H6O2.H4NO/c8-7(9)6-4-2-1-3-5-6;1-2/h1-5H,(H,8,9);2H,1H3/q;+1/p-1. The molecular weight excluding hydrogens is 146 g/mol. The van der Waals surface area contributed by atoms with Crippen LogP contribution in [0, 0.1) is 0 Å². The minimum absolute atomic E-state index is 0.220. The highest BCUT2D eigenvalue weighted by Gasteiger charge is 1.85. The van der Waals surface area contributed by atoms with Crippen LogP contribution in [0.25, 0.3) is 0 Å². The van der Waals surface area contributed by atoms with Gasteiger partial charge < -0.3 is 9.90 Å². The predicted molar refractivity (Wildman–Crippen MR) is 35.4 cm³/mol. The van der Waals surface area contributed by atoms with Crippen molar-refractivity contribution in [2.75, 3.05) is 0 Å². The normalized spacial score (nSPS) is 7.82. The molecule has 0 spiro atoms. The lowest BCUT2D eigenvalue weighted by atomic mass is 10.2. The average molecular weight is 155 g/mol. The van der Waals surface area contributed by atoms with Crippen molar-refractivity contribution in [1.29, 1.82) is 0 Å². The van der Waals surface area contributed by atoms with Crippen LogP contribution in [0.15, 0.2) is 30.3 Å². The van der Waals surface area contributed by atoms with Gasteiger partial charge in [-0.05, 0) is 5.56 Å². The van der Waals surface area contributed by atoms with Gasteiger partial charge in [0, 0.05) is 0 Å². The highest BCUT2D eigenvalue weighted by atomic mass is 16.4. The van der Waals surface area contributed by atoms with Crippen molar-refractivity contribution >= 4 is 5.97 Å². The molecule has 11 heavy (non-hydrogen) atoms. The second kappa shape index (κ2) is 5.40. The van der Waals surface area contributed by atoms with E-state index in [0.717, 1.165) is 0 Å². The van der Waals surface area contributed by atoms with Gasteiger partial charge in [-0.3, -0.25) is 0 Å². The van der Waals surface area contributed by atoms with E-state index in [0.29, 0.717) is 0 Å². The van der Waals surface area contributed by atoms with Crippen LogP contribution in [0.3, 0.4) is 0 Å². The lowest BCUT2D eigenvalue weighted by Gasteiger charge is -1.97. The van der Waals surface area contributed by atoms with Crippen LogP contribution < -0.4 is 11.0 Å². The van der Waals surface area contributed by atoms with Crippen LogP contribution in [-0.2, 0) is 0 Å². The van der Waals surface area contributed by atoms with Gasteiger partial charge >= 0.3 is 0 Å². The Morgan fingerprint density at radius 2 is 1.73 bits per heavy atom. The van der Waals surface area contributed by atoms with Crippen molar-refractivity contribution < 1.29 is 21.0 Å². The summed E-state index contributed by atoms with van der Waals surface area (Å²) in [5.74, 6) is 1.12. The van der Waals surface area contributed by atoms with E-state index < -0.39 is 5.97 Å². The molecule has 1 rings (SSSR count). The SMILES string of the molecule is O=C([O-])c1ccccc1.[NH3+]O. The number of benzene rings is 1. The molecule has 1 aromatic rings. The predicted octanol–water partition coefficient (Wildman–Crippen LogP) is -1.33. The lowest BCUT2D eigenvalue weighted by molar-refractivity contribution is -0.670. The van der Waals surface area contributed by atoms with Gasteiger partial charge in [0.1, 0.15) is 0 Å². The molecule has 0 heterocycles. The first-order valence-corrected chi connectivity index (χ1v) is 2.89. The number of aromatic carboxylic acids is 1. The van der Waals surface area contributed by atoms with Crippen LogP contribution in [0.1, 0.15) is 10.4 Å². The Bertz CT molecular complexity index is 210. The summed E-state index contributed by atoms with van der Waals surface area (Å²) in [6.07, 6.45) is 0. The van der Waals surface area contributed by atoms with Crippen LogP contribution in [0.5, 0.6) is 0 Å². The number of hydrogen-bond acceptors (Lipinski definition) is 3. The van der Waals surface area contributed by atoms with Crippen molar-refractivity contribution in [2.45, 2.75) is 0 Å². The summed E-state index contributed by atoms with van der Waals surface area (Å²) >= 11 is 0. The zero-order valence-corrected chi connectivity index (χ0v) is 5.86. The van der Waals surface area contributed by atoms with E-state index in [9.17, 15) is 9.90 Å². The van der Waals surface area contributed by atoms with Crippen LogP contribution in [0.4, 0.5) is 0 Å². The third-order valence-corrected chi connectivity index (χ3v) is 1.01. The Hall–Kier alpha value is -1.39. The summed E-state index contributed by atoms with van der Waals surface area (Å²) in [6, 6.07) is 8.06. The van der Waals surface area contributed by atoms with Crippen molar-refractivity contribution in [2.24, 2.45) is 0 Å². The zero-order chi connectivity index (χ0) is 8.69. The number of carbonyl (C=O) groups excluding carboxylic acids is 1. The third kappa shape index (κ3) is 3.34. The van der Waals surface area contributed by atoms with Crippen LogP contribution >= 0.6 is 0 Å². The first-order valence-electron chi connectivity index (χ1n) is 2.89. The molecule has 0 saturated carbocycles. The number of rotatable bonds is 1. The van der Waals surface area contributed by atoms with Gasteiger partial charge in [-0.2, -0.15) is 0 Å². The van der Waals surface area contributed by atoms with Gasteiger partial charge in [-0.25, -0.2) is 11.1 Å². The van der Waals surface area contributed by atoms with E-state index in [2.05, 4.69) is 5.90 Å². The number of hydrogen-bond donors (Lipinski definition) is 2. The first kappa shape index (κ1) is 9.61. The number of carboxylic acids is 1. The Morgan fingerprint density at radius 3 is 2.00 bits per heavy atom. The Balaban J connectivity index is 0.000000461. The molecular formula is C7H9NO3. The molecule has 0 atom stereocenters. The first-order chi connectivity index (χ1) is 5.30. The fraction of sp³-hybridized carbons (Fsp3) is 0. The molecule has 4 N–H and O–H groups in total. The molecule has 1 aromatic carbocycles. The monoisotopic (exact) mass is 155 g/mol. The Morgan fingerprint density at radius 1 is 1.27 bits per heavy atom. The molecule has 0 fully saturated rings. The second-order valence-electron chi connectivity index (χ2n) is 1.65. The minimum atomic E-state index is -1.13. The van der Waals surface area contributed by atoms with Gasteiger partial charge in [0.25, 0.3) is 0 Å². The van der Waals surface area contributed by atoms with Gasteiger partial charge in [-0.15, -0.1) is 0 Å². The zero-order valence-electron chi connectivity index (χ0n) is 5.86. The summed E-state index contributed by atoms with van der Waals surface area (Å²) < 4.78 is 0. The Labute approximate surface area is 63.8 Å². The van der Waals surface area contributed by atoms with E-state index >= 15 is 0 Å². The topological polar surface area (TPSA) is 88.0 Å². The van der Waals surface area contributed by atoms with E-state index in [1.165, 1.54) is 12.1 Å². The number of carboxylic acid groups (broad SMARTS) is 1. The molecule has 0 aliphatic rings. The van der Waals surface area contributed by atoms with Crippen molar-refractivity contribution in [3.8, 4) is 0 Å². The number of carbonyl (C=O) groups is 1. The highest BCUT2D eigenvalue weighted by Crippen LogP contribution is 1.94. The quantitative estimate of drug-likeness (QED) is 0.492. The van der Waals surface area contributed by atoms with Crippen molar-refractivity contribution in [3.05, 3.63) is 35.9 Å². The summed E-state index contributed by atoms with van der Waals surface area (Å²) in [6.45, 7) is 0. The maximum atomic E-state index is 10.1. The molecule has 4 heteroatoms. The fourth-order valence-corrected chi connectivity index (χ4v) is 0.574. The van der Waals surface area contributed by atoms with Gasteiger partial charge in [-0.1, -0.05) is 30.3 Å². The molecule has 0 unspecified atom stereocenters. The molecule has 4 nitrogen and oxygen atoms in total. The second-order valence-corrected chi connectivity index (χ2v) is 1.65. The maximum Gasteiger partial charge on any atom is 0.0715 e. The van der Waals surface area contributed by atoms with Gasteiger partial charge in [0.15, 0.2) is 0 Å². The van der Waals surface area contributed by atoms with E-state index in [4.69, 9.17) is 5.21 Å². The van der Waals surface area contributed by atoms with Gasteiger partial charge in [0.05, 0.1) is 5.97 Å². The number of quaternary nitrogens is 1. The molecule has 0 aliphatic heterocycles. The maximum absolute atomic E-state index is 10.1. The highest BCUT2D eigenvalue weighted by molar-refractivity contribution is 5.85. The minimum Gasteiger partial charge on any atom is -0.545 e. The molecule has 0 amide bonds. The molecule has 0 aromatic heterocycles. The molecule has 0 aliphatic carbocycles. The Kier molecular flexibility index (Phi) is 4.72. The summed E-state index contributed by atoms with van der Waals surface area (Å²) in [4.78, 5) is 10.1. The fourth-order valence-electron chi connectivity index (χ4n) is 0.574. The largest absolute Gasteiger partial charge is 0.545 e. The van der Waals surface area contributed by atoms with Crippen molar-refractivity contribution in [1.82, 2.24) is 0 Å². The molecule has 0 saturated heterocycles. The van der Waals surface area contributed by atoms with E-state index in [-0.39, 0.29) is 5.56 Å². The average Bonchev–Trinajstić information content (AvgIpc) is 2.10. The third-order valence-electron chi connectivity index (χ3n) is 1.01. The summed E-state index contributed by atoms with van der Waals surface area (Å²) in [7, 11) is 0. The summed E-state index contributed by atoms with van der Waals surface area (Å²) in [5.41, 5.74) is 0.220. The van der Waals surface area contributed by atoms with E-state index in [1.54, 1.807) is 18.2 Å². The summed E-state index contributed by atoms with van der Waals surface area (Å²) in [5, 5.41) is 16.8. The van der Waals surface area contributed by atoms with Gasteiger partial charge in [0.2, 0.25) is 0 Å². The van der Waals surface area contributed by atoms with E-state index in [1.807, 2.05) is 0 Å². The smallest absolute Gasteiger partial charge is 0.0715 e. The molecule has 60 valence electrons. The molecule has 0 bridgehead atoms.